The monoisotopic (exact) mass is 170 g/mol. The normalized spacial score (nSPS) is 27.2. The van der Waals surface area contributed by atoms with Gasteiger partial charge in [0.1, 0.15) is 5.78 Å². The lowest BCUT2D eigenvalue weighted by atomic mass is 9.99. The van der Waals surface area contributed by atoms with Crippen molar-refractivity contribution in [3.05, 3.63) is 0 Å². The summed E-state index contributed by atoms with van der Waals surface area (Å²) in [6.07, 6.45) is 4.19. The summed E-state index contributed by atoms with van der Waals surface area (Å²) in [5.74, 6) is 0.503. The molecule has 0 aromatic heterocycles. The van der Waals surface area contributed by atoms with Crippen molar-refractivity contribution >= 4 is 13.9 Å². The average Bonchev–Trinajstić information content (AvgIpc) is 1.86. The second-order valence-corrected chi connectivity index (χ2v) is 10.2. The van der Waals surface area contributed by atoms with Crippen LogP contribution in [-0.4, -0.2) is 13.9 Å². The molecule has 11 heavy (non-hydrogen) atoms. The molecule has 0 radical (unpaired) electrons. The standard InChI is InChI=1S/C9H18OSi/c1-11(2,3)9-6-4-5-8(10)7-9/h9H,4-7H2,1-3H3. The maximum Gasteiger partial charge on any atom is 0.132 e. The van der Waals surface area contributed by atoms with E-state index in [-0.39, 0.29) is 0 Å². The maximum absolute atomic E-state index is 11.1. The van der Waals surface area contributed by atoms with Crippen LogP contribution in [0.1, 0.15) is 25.7 Å². The van der Waals surface area contributed by atoms with Crippen LogP contribution in [0.25, 0.3) is 0 Å². The summed E-state index contributed by atoms with van der Waals surface area (Å²) in [6.45, 7) is 7.11. The van der Waals surface area contributed by atoms with Gasteiger partial charge < -0.3 is 0 Å². The zero-order valence-electron chi connectivity index (χ0n) is 7.81. The molecule has 0 heterocycles. The van der Waals surface area contributed by atoms with E-state index in [4.69, 9.17) is 0 Å². The van der Waals surface area contributed by atoms with Crippen molar-refractivity contribution in [3.8, 4) is 0 Å². The van der Waals surface area contributed by atoms with E-state index in [2.05, 4.69) is 19.6 Å². The van der Waals surface area contributed by atoms with E-state index in [1.165, 1.54) is 6.42 Å². The van der Waals surface area contributed by atoms with Crippen LogP contribution in [0, 0.1) is 0 Å². The smallest absolute Gasteiger partial charge is 0.132 e. The minimum Gasteiger partial charge on any atom is -0.300 e. The van der Waals surface area contributed by atoms with Crippen molar-refractivity contribution in [3.63, 3.8) is 0 Å². The molecule has 64 valence electrons. The minimum atomic E-state index is -1.02. The average molecular weight is 170 g/mol. The highest BCUT2D eigenvalue weighted by Gasteiger charge is 2.30. The maximum atomic E-state index is 11.1. The predicted octanol–water partition coefficient (Wildman–Crippen LogP) is 2.84. The number of hydrogen-bond acceptors (Lipinski definition) is 1. The van der Waals surface area contributed by atoms with Crippen molar-refractivity contribution < 1.29 is 4.79 Å². The number of rotatable bonds is 1. The molecule has 1 fully saturated rings. The molecule has 0 N–H and O–H groups in total. The van der Waals surface area contributed by atoms with Gasteiger partial charge in [-0.05, 0) is 12.0 Å². The van der Waals surface area contributed by atoms with Gasteiger partial charge in [0.2, 0.25) is 0 Å². The lowest BCUT2D eigenvalue weighted by Crippen LogP contribution is -2.32. The van der Waals surface area contributed by atoms with E-state index < -0.39 is 8.07 Å². The van der Waals surface area contributed by atoms with E-state index in [0.717, 1.165) is 24.8 Å². The molecule has 0 saturated heterocycles. The summed E-state index contributed by atoms with van der Waals surface area (Å²) < 4.78 is 0. The van der Waals surface area contributed by atoms with Gasteiger partial charge in [-0.25, -0.2) is 0 Å². The van der Waals surface area contributed by atoms with Crippen LogP contribution < -0.4 is 0 Å². The molecule has 0 aromatic carbocycles. The number of carbonyl (C=O) groups excluding carboxylic acids is 1. The summed E-state index contributed by atoms with van der Waals surface area (Å²) in [5, 5.41) is 0. The Balaban J connectivity index is 2.53. The molecular formula is C9H18OSi. The number of ketones is 1. The third kappa shape index (κ3) is 2.44. The largest absolute Gasteiger partial charge is 0.300 e. The van der Waals surface area contributed by atoms with Gasteiger partial charge in [0, 0.05) is 20.9 Å². The SMILES string of the molecule is C[Si](C)(C)C1CCCC(=O)C1. The van der Waals surface area contributed by atoms with Crippen LogP contribution in [0.15, 0.2) is 0 Å². The summed E-state index contributed by atoms with van der Waals surface area (Å²) in [7, 11) is -1.02. The molecule has 1 unspecified atom stereocenters. The van der Waals surface area contributed by atoms with Crippen LogP contribution >= 0.6 is 0 Å². The first-order chi connectivity index (χ1) is 5.00. The topological polar surface area (TPSA) is 17.1 Å². The first-order valence-corrected chi connectivity index (χ1v) is 8.09. The van der Waals surface area contributed by atoms with E-state index in [9.17, 15) is 4.79 Å². The minimum absolute atomic E-state index is 0.503. The Morgan fingerprint density at radius 1 is 1.36 bits per heavy atom. The van der Waals surface area contributed by atoms with Crippen molar-refractivity contribution in [1.29, 1.82) is 0 Å². The third-order valence-corrected chi connectivity index (χ3v) is 5.65. The predicted molar refractivity (Wildman–Crippen MR) is 50.6 cm³/mol. The van der Waals surface area contributed by atoms with Gasteiger partial charge in [0.05, 0.1) is 0 Å². The van der Waals surface area contributed by atoms with Crippen molar-refractivity contribution in [2.45, 2.75) is 50.9 Å². The lowest BCUT2D eigenvalue weighted by molar-refractivity contribution is -0.120. The molecule has 1 aliphatic rings. The Bertz CT molecular complexity index is 157. The Hall–Kier alpha value is -0.113. The van der Waals surface area contributed by atoms with Crippen LogP contribution in [0.2, 0.25) is 25.2 Å². The molecule has 0 spiro atoms. The van der Waals surface area contributed by atoms with Crippen LogP contribution in [0.5, 0.6) is 0 Å². The Morgan fingerprint density at radius 2 is 2.00 bits per heavy atom. The van der Waals surface area contributed by atoms with E-state index >= 15 is 0 Å². The highest BCUT2D eigenvalue weighted by molar-refractivity contribution is 6.77. The number of carbonyl (C=O) groups is 1. The van der Waals surface area contributed by atoms with Gasteiger partial charge in [-0.15, -0.1) is 0 Å². The summed E-state index contributed by atoms with van der Waals surface area (Å²) >= 11 is 0. The van der Waals surface area contributed by atoms with Crippen molar-refractivity contribution in [2.24, 2.45) is 0 Å². The zero-order chi connectivity index (χ0) is 8.48. The van der Waals surface area contributed by atoms with Gasteiger partial charge in [0.25, 0.3) is 0 Å². The molecule has 0 bridgehead atoms. The highest BCUT2D eigenvalue weighted by Crippen LogP contribution is 2.34. The Labute approximate surface area is 70.2 Å². The highest BCUT2D eigenvalue weighted by atomic mass is 28.3. The summed E-state index contributed by atoms with van der Waals surface area (Å²) in [5.41, 5.74) is 0.767. The first kappa shape index (κ1) is 8.98. The summed E-state index contributed by atoms with van der Waals surface area (Å²) in [4.78, 5) is 11.1. The van der Waals surface area contributed by atoms with Crippen LogP contribution in [0.4, 0.5) is 0 Å². The molecule has 1 nitrogen and oxygen atoms in total. The van der Waals surface area contributed by atoms with Crippen LogP contribution in [0.3, 0.4) is 0 Å². The van der Waals surface area contributed by atoms with Gasteiger partial charge in [-0.3, -0.25) is 4.79 Å². The number of hydrogen-bond donors (Lipinski definition) is 0. The number of Topliss-reactive ketones (excluding diaryl/α,β-unsaturated/α-hetero) is 1. The van der Waals surface area contributed by atoms with Crippen molar-refractivity contribution in [1.82, 2.24) is 0 Å². The first-order valence-electron chi connectivity index (χ1n) is 4.52. The van der Waals surface area contributed by atoms with E-state index in [1.807, 2.05) is 0 Å². The Kier molecular flexibility index (Phi) is 2.53. The quantitative estimate of drug-likeness (QED) is 0.553. The molecule has 1 atom stereocenters. The summed E-state index contributed by atoms with van der Waals surface area (Å²) in [6, 6.07) is 0. The molecule has 0 aliphatic heterocycles. The van der Waals surface area contributed by atoms with Gasteiger partial charge in [0.15, 0.2) is 0 Å². The van der Waals surface area contributed by atoms with Gasteiger partial charge in [-0.2, -0.15) is 0 Å². The van der Waals surface area contributed by atoms with E-state index in [1.54, 1.807) is 0 Å². The van der Waals surface area contributed by atoms with Gasteiger partial charge in [-0.1, -0.05) is 26.1 Å². The zero-order valence-corrected chi connectivity index (χ0v) is 8.81. The molecule has 0 amide bonds. The molecular weight excluding hydrogens is 152 g/mol. The molecule has 1 saturated carbocycles. The fourth-order valence-electron chi connectivity index (χ4n) is 1.76. The Morgan fingerprint density at radius 3 is 2.36 bits per heavy atom. The third-order valence-electron chi connectivity index (χ3n) is 2.71. The fraction of sp³-hybridized carbons (Fsp3) is 0.889. The van der Waals surface area contributed by atoms with Crippen molar-refractivity contribution in [2.75, 3.05) is 0 Å². The van der Waals surface area contributed by atoms with E-state index in [0.29, 0.717) is 5.78 Å². The second-order valence-electron chi connectivity index (χ2n) is 4.70. The fourth-order valence-corrected chi connectivity index (χ4v) is 3.67. The van der Waals surface area contributed by atoms with Crippen LogP contribution in [-0.2, 0) is 4.79 Å². The second kappa shape index (κ2) is 3.09. The molecule has 0 aromatic rings. The van der Waals surface area contributed by atoms with Gasteiger partial charge >= 0.3 is 0 Å². The molecule has 1 rings (SSSR count). The molecule has 1 aliphatic carbocycles. The lowest BCUT2D eigenvalue weighted by Gasteiger charge is -2.31. The molecule has 2 heteroatoms.